The Morgan fingerprint density at radius 1 is 1.21 bits per heavy atom. The lowest BCUT2D eigenvalue weighted by Crippen LogP contribution is -2.49. The molecule has 1 amide bonds. The molecule has 0 aliphatic carbocycles. The molecular formula is C24H26N6O3. The highest BCUT2D eigenvalue weighted by atomic mass is 16.4. The molecule has 1 fully saturated rings. The first-order valence-electron chi connectivity index (χ1n) is 10.9. The minimum Gasteiger partial charge on any atom is -0.480 e. The van der Waals surface area contributed by atoms with Gasteiger partial charge in [0.05, 0.1) is 5.56 Å². The van der Waals surface area contributed by atoms with Gasteiger partial charge in [-0.3, -0.25) is 14.5 Å². The number of rotatable bonds is 6. The van der Waals surface area contributed by atoms with Gasteiger partial charge in [-0.05, 0) is 24.3 Å². The average molecular weight is 447 g/mol. The van der Waals surface area contributed by atoms with E-state index in [0.29, 0.717) is 48.8 Å². The van der Waals surface area contributed by atoms with Crippen LogP contribution in [0.3, 0.4) is 0 Å². The molecule has 0 saturated carbocycles. The molecule has 3 N–H and O–H groups in total. The van der Waals surface area contributed by atoms with Crippen LogP contribution in [-0.2, 0) is 9.59 Å². The zero-order valence-corrected chi connectivity index (χ0v) is 18.6. The number of aliphatic carboxylic acids is 1. The summed E-state index contributed by atoms with van der Waals surface area (Å²) in [6, 6.07) is 10.3. The third-order valence-corrected chi connectivity index (χ3v) is 5.92. The molecule has 1 saturated heterocycles. The van der Waals surface area contributed by atoms with Crippen molar-refractivity contribution in [1.29, 1.82) is 5.26 Å². The summed E-state index contributed by atoms with van der Waals surface area (Å²) in [5.41, 5.74) is 2.63. The van der Waals surface area contributed by atoms with Crippen LogP contribution in [0.15, 0.2) is 42.7 Å². The Labute approximate surface area is 191 Å². The van der Waals surface area contributed by atoms with Crippen molar-refractivity contribution in [2.75, 3.05) is 36.4 Å². The number of carbonyl (C=O) groups excluding carboxylic acids is 1. The van der Waals surface area contributed by atoms with E-state index in [-0.39, 0.29) is 11.8 Å². The van der Waals surface area contributed by atoms with E-state index in [0.717, 1.165) is 10.9 Å². The Bertz CT molecular complexity index is 1220. The SMILES string of the molecule is CC(C)C(=O)Nc1ccc2c(C(C(=O)O)N3CCN(c4ncccc4C#N)CC3)c[nH]c2c1. The number of amides is 1. The Kier molecular flexibility index (Phi) is 6.29. The third kappa shape index (κ3) is 4.52. The fraction of sp³-hybridized carbons (Fsp3) is 0.333. The van der Waals surface area contributed by atoms with Gasteiger partial charge in [0.2, 0.25) is 5.91 Å². The van der Waals surface area contributed by atoms with E-state index in [2.05, 4.69) is 21.4 Å². The summed E-state index contributed by atoms with van der Waals surface area (Å²) in [7, 11) is 0. The maximum atomic E-state index is 12.3. The first kappa shape index (κ1) is 22.3. The third-order valence-electron chi connectivity index (χ3n) is 5.92. The lowest BCUT2D eigenvalue weighted by Gasteiger charge is -2.38. The van der Waals surface area contributed by atoms with Gasteiger partial charge in [0, 0.05) is 66.6 Å². The minimum absolute atomic E-state index is 0.0742. The number of piperazine rings is 1. The standard InChI is InChI=1S/C24H26N6O3/c1-15(2)23(31)28-17-5-6-18-19(14-27-20(18)12-17)21(24(32)33)29-8-10-30(11-9-29)22-16(13-25)4-3-7-26-22/h3-7,12,14-15,21,27H,8-11H2,1-2H3,(H,28,31)(H,32,33). The van der Waals surface area contributed by atoms with Crippen LogP contribution in [-0.4, -0.2) is 58.0 Å². The van der Waals surface area contributed by atoms with E-state index in [1.165, 1.54) is 0 Å². The fourth-order valence-corrected chi connectivity index (χ4v) is 4.15. The number of H-pyrrole nitrogens is 1. The summed E-state index contributed by atoms with van der Waals surface area (Å²) in [6.07, 6.45) is 3.39. The van der Waals surface area contributed by atoms with Crippen LogP contribution in [0.2, 0.25) is 0 Å². The maximum absolute atomic E-state index is 12.3. The summed E-state index contributed by atoms with van der Waals surface area (Å²) in [6.45, 7) is 5.84. The highest BCUT2D eigenvalue weighted by Gasteiger charge is 2.32. The van der Waals surface area contributed by atoms with Crippen molar-refractivity contribution < 1.29 is 14.7 Å². The molecule has 0 bridgehead atoms. The van der Waals surface area contributed by atoms with Crippen molar-refractivity contribution in [3.63, 3.8) is 0 Å². The highest BCUT2D eigenvalue weighted by Crippen LogP contribution is 2.31. The summed E-state index contributed by atoms with van der Waals surface area (Å²) in [5.74, 6) is -0.494. The van der Waals surface area contributed by atoms with Crippen LogP contribution in [0.4, 0.5) is 11.5 Å². The van der Waals surface area contributed by atoms with Crippen molar-refractivity contribution in [3.05, 3.63) is 53.9 Å². The van der Waals surface area contributed by atoms with Crippen LogP contribution >= 0.6 is 0 Å². The molecular weight excluding hydrogens is 420 g/mol. The number of anilines is 2. The predicted octanol–water partition coefficient (Wildman–Crippen LogP) is 2.98. The van der Waals surface area contributed by atoms with Crippen LogP contribution in [0.1, 0.15) is 31.0 Å². The highest BCUT2D eigenvalue weighted by molar-refractivity contribution is 5.96. The first-order chi connectivity index (χ1) is 15.9. The molecule has 1 aliphatic rings. The lowest BCUT2D eigenvalue weighted by molar-refractivity contribution is -0.143. The van der Waals surface area contributed by atoms with Gasteiger partial charge in [0.15, 0.2) is 0 Å². The molecule has 170 valence electrons. The molecule has 9 nitrogen and oxygen atoms in total. The molecule has 33 heavy (non-hydrogen) atoms. The van der Waals surface area contributed by atoms with Crippen molar-refractivity contribution >= 4 is 34.3 Å². The Hall–Kier alpha value is -3.90. The van der Waals surface area contributed by atoms with Crippen molar-refractivity contribution in [2.45, 2.75) is 19.9 Å². The van der Waals surface area contributed by atoms with Crippen molar-refractivity contribution in [2.24, 2.45) is 5.92 Å². The van der Waals surface area contributed by atoms with Crippen LogP contribution < -0.4 is 10.2 Å². The van der Waals surface area contributed by atoms with Gasteiger partial charge in [-0.1, -0.05) is 19.9 Å². The van der Waals surface area contributed by atoms with E-state index < -0.39 is 12.0 Å². The Morgan fingerprint density at radius 2 is 1.97 bits per heavy atom. The fourth-order valence-electron chi connectivity index (χ4n) is 4.15. The molecule has 1 atom stereocenters. The summed E-state index contributed by atoms with van der Waals surface area (Å²) >= 11 is 0. The smallest absolute Gasteiger partial charge is 0.325 e. The van der Waals surface area contributed by atoms with E-state index in [9.17, 15) is 20.0 Å². The van der Waals surface area contributed by atoms with Crippen molar-refractivity contribution in [1.82, 2.24) is 14.9 Å². The molecule has 1 aliphatic heterocycles. The van der Waals surface area contributed by atoms with Gasteiger partial charge in [0.25, 0.3) is 0 Å². The van der Waals surface area contributed by atoms with Gasteiger partial charge >= 0.3 is 5.97 Å². The van der Waals surface area contributed by atoms with Gasteiger partial charge in [-0.2, -0.15) is 5.26 Å². The topological polar surface area (TPSA) is 125 Å². The van der Waals surface area contributed by atoms with Crippen molar-refractivity contribution in [3.8, 4) is 6.07 Å². The summed E-state index contributed by atoms with van der Waals surface area (Å²) < 4.78 is 0. The molecule has 1 aromatic carbocycles. The number of carboxylic acid groups (broad SMARTS) is 1. The second kappa shape index (κ2) is 9.30. The maximum Gasteiger partial charge on any atom is 0.325 e. The Balaban J connectivity index is 1.54. The molecule has 0 spiro atoms. The summed E-state index contributed by atoms with van der Waals surface area (Å²) in [4.78, 5) is 35.7. The number of carbonyl (C=O) groups is 2. The number of hydrogen-bond acceptors (Lipinski definition) is 6. The number of nitriles is 1. The molecule has 0 radical (unpaired) electrons. The van der Waals surface area contributed by atoms with Gasteiger partial charge in [0.1, 0.15) is 17.9 Å². The molecule has 2 aromatic heterocycles. The van der Waals surface area contributed by atoms with E-state index >= 15 is 0 Å². The number of hydrogen-bond donors (Lipinski definition) is 3. The number of aromatic amines is 1. The predicted molar refractivity (Wildman–Crippen MR) is 125 cm³/mol. The first-order valence-corrected chi connectivity index (χ1v) is 10.9. The molecule has 9 heteroatoms. The van der Waals surface area contributed by atoms with Gasteiger partial charge < -0.3 is 20.3 Å². The second-order valence-electron chi connectivity index (χ2n) is 8.40. The minimum atomic E-state index is -0.919. The van der Waals surface area contributed by atoms with Gasteiger partial charge in [-0.25, -0.2) is 4.98 Å². The zero-order chi connectivity index (χ0) is 23.5. The average Bonchev–Trinajstić information content (AvgIpc) is 3.22. The summed E-state index contributed by atoms with van der Waals surface area (Å²) in [5, 5.41) is 23.1. The van der Waals surface area contributed by atoms with E-state index in [1.54, 1.807) is 30.6 Å². The number of fused-ring (bicyclic) bond motifs is 1. The number of carboxylic acids is 1. The number of aromatic nitrogens is 2. The van der Waals surface area contributed by atoms with E-state index in [4.69, 9.17) is 0 Å². The van der Waals surface area contributed by atoms with Gasteiger partial charge in [-0.15, -0.1) is 0 Å². The normalized spacial score (nSPS) is 15.4. The number of nitrogens with zero attached hydrogens (tertiary/aromatic N) is 4. The number of benzene rings is 1. The van der Waals surface area contributed by atoms with Crippen LogP contribution in [0.5, 0.6) is 0 Å². The monoisotopic (exact) mass is 446 g/mol. The number of nitrogens with one attached hydrogen (secondary N) is 2. The van der Waals surface area contributed by atoms with Crippen LogP contribution in [0.25, 0.3) is 10.9 Å². The second-order valence-corrected chi connectivity index (χ2v) is 8.40. The largest absolute Gasteiger partial charge is 0.480 e. The molecule has 1 unspecified atom stereocenters. The van der Waals surface area contributed by atoms with E-state index in [1.807, 2.05) is 35.8 Å². The van der Waals surface area contributed by atoms with Crippen LogP contribution in [0, 0.1) is 17.2 Å². The molecule has 4 rings (SSSR count). The zero-order valence-electron chi connectivity index (χ0n) is 18.6. The molecule has 3 heterocycles. The Morgan fingerprint density at radius 3 is 2.64 bits per heavy atom. The lowest BCUT2D eigenvalue weighted by atomic mass is 10.0. The number of pyridine rings is 1. The molecule has 3 aromatic rings. The quantitative estimate of drug-likeness (QED) is 0.531.